The van der Waals surface area contributed by atoms with Gasteiger partial charge >= 0.3 is 0 Å². The molecule has 3 unspecified atom stereocenters. The van der Waals surface area contributed by atoms with Gasteiger partial charge < -0.3 is 5.32 Å². The summed E-state index contributed by atoms with van der Waals surface area (Å²) in [7, 11) is -2.86. The largest absolute Gasteiger partial charge is 0.313 e. The van der Waals surface area contributed by atoms with Gasteiger partial charge in [0.25, 0.3) is 0 Å². The summed E-state index contributed by atoms with van der Waals surface area (Å²) in [6.07, 6.45) is 3.16. The smallest absolute Gasteiger partial charge is 0.147 e. The van der Waals surface area contributed by atoms with E-state index in [2.05, 4.69) is 19.2 Å². The molecule has 6 heteroatoms. The van der Waals surface area contributed by atoms with Crippen molar-refractivity contribution in [2.75, 3.05) is 30.1 Å². The molecule has 108 valence electrons. The molecule has 1 fully saturated rings. The molecule has 0 saturated carbocycles. The standard InChI is InChI=1S/C12H25NO2S3/c1-4-6-13-11(5-9-18(3,14)15)12-10(2)16-7-8-17-12/h10-13H,4-9H2,1-3H3. The minimum absolute atomic E-state index is 0.294. The van der Waals surface area contributed by atoms with E-state index in [-0.39, 0.29) is 0 Å². The van der Waals surface area contributed by atoms with Gasteiger partial charge in [-0.05, 0) is 19.4 Å². The van der Waals surface area contributed by atoms with Gasteiger partial charge in [0.15, 0.2) is 0 Å². The summed E-state index contributed by atoms with van der Waals surface area (Å²) in [6.45, 7) is 5.39. The zero-order chi connectivity index (χ0) is 13.6. The molecule has 1 rings (SSSR count). The predicted octanol–water partition coefficient (Wildman–Crippen LogP) is 2.03. The molecule has 3 atom stereocenters. The van der Waals surface area contributed by atoms with Crippen LogP contribution in [0.15, 0.2) is 0 Å². The molecule has 0 amide bonds. The monoisotopic (exact) mass is 311 g/mol. The summed E-state index contributed by atoms with van der Waals surface area (Å²) in [5, 5.41) is 4.69. The summed E-state index contributed by atoms with van der Waals surface area (Å²) in [6, 6.07) is 0.326. The third-order valence-electron chi connectivity index (χ3n) is 3.09. The molecule has 18 heavy (non-hydrogen) atoms. The average molecular weight is 312 g/mol. The lowest BCUT2D eigenvalue weighted by molar-refractivity contribution is 0.475. The van der Waals surface area contributed by atoms with Crippen LogP contribution in [0.1, 0.15) is 26.7 Å². The first-order valence-corrected chi connectivity index (χ1v) is 10.7. The second-order valence-corrected chi connectivity index (χ2v) is 9.92. The van der Waals surface area contributed by atoms with Crippen LogP contribution in [0.25, 0.3) is 0 Å². The Morgan fingerprint density at radius 2 is 2.00 bits per heavy atom. The van der Waals surface area contributed by atoms with Gasteiger partial charge in [-0.1, -0.05) is 13.8 Å². The number of thioether (sulfide) groups is 2. The van der Waals surface area contributed by atoms with Crippen LogP contribution in [0.3, 0.4) is 0 Å². The number of nitrogens with one attached hydrogen (secondary N) is 1. The van der Waals surface area contributed by atoms with E-state index in [0.29, 0.717) is 22.3 Å². The van der Waals surface area contributed by atoms with Crippen molar-refractivity contribution in [2.45, 2.75) is 43.2 Å². The average Bonchev–Trinajstić information content (AvgIpc) is 2.29. The quantitative estimate of drug-likeness (QED) is 0.779. The topological polar surface area (TPSA) is 46.2 Å². The van der Waals surface area contributed by atoms with Crippen LogP contribution in [0.2, 0.25) is 0 Å². The molecule has 1 aliphatic rings. The molecular weight excluding hydrogens is 286 g/mol. The first kappa shape index (κ1) is 16.7. The Balaban J connectivity index is 2.58. The van der Waals surface area contributed by atoms with Crippen molar-refractivity contribution < 1.29 is 8.42 Å². The maximum atomic E-state index is 11.3. The second-order valence-electron chi connectivity index (χ2n) is 4.89. The molecule has 0 radical (unpaired) electrons. The lowest BCUT2D eigenvalue weighted by atomic mass is 10.1. The van der Waals surface area contributed by atoms with Crippen molar-refractivity contribution >= 4 is 33.4 Å². The minimum Gasteiger partial charge on any atom is -0.313 e. The Kier molecular flexibility index (Phi) is 7.43. The van der Waals surface area contributed by atoms with E-state index in [1.807, 2.05) is 23.5 Å². The van der Waals surface area contributed by atoms with E-state index in [1.54, 1.807) is 0 Å². The van der Waals surface area contributed by atoms with Crippen LogP contribution in [0.4, 0.5) is 0 Å². The third-order valence-corrected chi connectivity index (χ3v) is 7.32. The van der Waals surface area contributed by atoms with Crippen LogP contribution in [0, 0.1) is 0 Å². The Morgan fingerprint density at radius 1 is 1.33 bits per heavy atom. The molecule has 0 aromatic heterocycles. The Bertz CT molecular complexity index is 332. The van der Waals surface area contributed by atoms with Crippen LogP contribution in [0.5, 0.6) is 0 Å². The highest BCUT2D eigenvalue weighted by Gasteiger charge is 2.30. The van der Waals surface area contributed by atoms with Gasteiger partial charge in [-0.15, -0.1) is 0 Å². The van der Waals surface area contributed by atoms with E-state index in [0.717, 1.165) is 19.4 Å². The second kappa shape index (κ2) is 8.02. The Labute approximate surface area is 120 Å². The maximum Gasteiger partial charge on any atom is 0.147 e. The van der Waals surface area contributed by atoms with Gasteiger partial charge in [-0.25, -0.2) is 8.42 Å². The SMILES string of the molecule is CCCNC(CCS(C)(=O)=O)C1SCCSC1C. The Hall–Kier alpha value is 0.610. The molecular formula is C12H25NO2S3. The van der Waals surface area contributed by atoms with E-state index in [9.17, 15) is 8.42 Å². The first-order chi connectivity index (χ1) is 8.44. The number of sulfone groups is 1. The van der Waals surface area contributed by atoms with Crippen LogP contribution >= 0.6 is 23.5 Å². The fourth-order valence-electron chi connectivity index (χ4n) is 2.15. The molecule has 0 aromatic rings. The molecule has 3 nitrogen and oxygen atoms in total. The zero-order valence-electron chi connectivity index (χ0n) is 11.5. The lowest BCUT2D eigenvalue weighted by Gasteiger charge is -2.35. The summed E-state index contributed by atoms with van der Waals surface area (Å²) in [5.41, 5.74) is 0. The summed E-state index contributed by atoms with van der Waals surface area (Å²) in [4.78, 5) is 0. The van der Waals surface area contributed by atoms with Gasteiger partial charge in [0.05, 0.1) is 5.75 Å². The van der Waals surface area contributed by atoms with Crippen molar-refractivity contribution in [1.82, 2.24) is 5.32 Å². The van der Waals surface area contributed by atoms with Gasteiger partial charge in [-0.3, -0.25) is 0 Å². The fourth-order valence-corrected chi connectivity index (χ4v) is 5.83. The number of hydrogen-bond donors (Lipinski definition) is 1. The van der Waals surface area contributed by atoms with Crippen molar-refractivity contribution in [1.29, 1.82) is 0 Å². The molecule has 1 heterocycles. The van der Waals surface area contributed by atoms with E-state index >= 15 is 0 Å². The normalized spacial score (nSPS) is 27.1. The fraction of sp³-hybridized carbons (Fsp3) is 1.00. The zero-order valence-corrected chi connectivity index (χ0v) is 14.0. The predicted molar refractivity (Wildman–Crippen MR) is 84.6 cm³/mol. The van der Waals surface area contributed by atoms with Gasteiger partial charge in [0.1, 0.15) is 9.84 Å². The van der Waals surface area contributed by atoms with Gasteiger partial charge in [0, 0.05) is 34.3 Å². The molecule has 0 aliphatic carbocycles. The van der Waals surface area contributed by atoms with E-state index < -0.39 is 9.84 Å². The molecule has 0 bridgehead atoms. The van der Waals surface area contributed by atoms with Gasteiger partial charge in [0.2, 0.25) is 0 Å². The molecule has 1 saturated heterocycles. The Morgan fingerprint density at radius 3 is 2.56 bits per heavy atom. The molecule has 1 aliphatic heterocycles. The van der Waals surface area contributed by atoms with Crippen molar-refractivity contribution in [3.8, 4) is 0 Å². The van der Waals surface area contributed by atoms with Crippen molar-refractivity contribution in [2.24, 2.45) is 0 Å². The van der Waals surface area contributed by atoms with E-state index in [4.69, 9.17) is 0 Å². The van der Waals surface area contributed by atoms with E-state index in [1.165, 1.54) is 17.8 Å². The first-order valence-electron chi connectivity index (χ1n) is 6.58. The summed E-state index contributed by atoms with van der Waals surface area (Å²) in [5.74, 6) is 2.70. The lowest BCUT2D eigenvalue weighted by Crippen LogP contribution is -2.45. The molecule has 0 aromatic carbocycles. The highest BCUT2D eigenvalue weighted by Crippen LogP contribution is 2.34. The highest BCUT2D eigenvalue weighted by atomic mass is 32.2. The number of hydrogen-bond acceptors (Lipinski definition) is 5. The molecule has 0 spiro atoms. The van der Waals surface area contributed by atoms with Gasteiger partial charge in [-0.2, -0.15) is 23.5 Å². The van der Waals surface area contributed by atoms with Crippen molar-refractivity contribution in [3.63, 3.8) is 0 Å². The highest BCUT2D eigenvalue weighted by molar-refractivity contribution is 8.07. The third kappa shape index (κ3) is 6.17. The maximum absolute atomic E-state index is 11.3. The minimum atomic E-state index is -2.86. The van der Waals surface area contributed by atoms with Crippen LogP contribution in [-0.4, -0.2) is 55.0 Å². The van der Waals surface area contributed by atoms with Crippen molar-refractivity contribution in [3.05, 3.63) is 0 Å². The summed E-state index contributed by atoms with van der Waals surface area (Å²) >= 11 is 4.01. The van der Waals surface area contributed by atoms with Crippen LogP contribution in [-0.2, 0) is 9.84 Å². The summed E-state index contributed by atoms with van der Waals surface area (Å²) < 4.78 is 22.7. The van der Waals surface area contributed by atoms with Crippen LogP contribution < -0.4 is 5.32 Å². The molecule has 1 N–H and O–H groups in total. The number of rotatable bonds is 7.